The molecule has 2 aromatic carbocycles. The lowest BCUT2D eigenvalue weighted by Gasteiger charge is -2.07. The van der Waals surface area contributed by atoms with Crippen LogP contribution in [0.4, 0.5) is 4.39 Å². The van der Waals surface area contributed by atoms with E-state index >= 15 is 0 Å². The van der Waals surface area contributed by atoms with Gasteiger partial charge in [-0.2, -0.15) is 0 Å². The molecule has 1 heterocycles. The van der Waals surface area contributed by atoms with Crippen molar-refractivity contribution in [2.75, 3.05) is 20.8 Å². The Morgan fingerprint density at radius 2 is 2.00 bits per heavy atom. The number of halogens is 1. The first-order valence-electron chi connectivity index (χ1n) is 9.32. The van der Waals surface area contributed by atoms with Crippen molar-refractivity contribution in [3.63, 3.8) is 0 Å². The average molecular weight is 396 g/mol. The minimum Gasteiger partial charge on any atom is -0.493 e. The highest BCUT2D eigenvalue weighted by molar-refractivity contribution is 5.93. The fraction of sp³-hybridized carbons (Fsp3) is 0.273. The van der Waals surface area contributed by atoms with Gasteiger partial charge in [0.1, 0.15) is 5.82 Å². The summed E-state index contributed by atoms with van der Waals surface area (Å²) in [5, 5.41) is 6.75. The number of rotatable bonds is 7. The summed E-state index contributed by atoms with van der Waals surface area (Å²) in [5.41, 5.74) is 1.90. The average Bonchev–Trinajstić information content (AvgIpc) is 3.36. The lowest BCUT2D eigenvalue weighted by atomic mass is 10.1. The van der Waals surface area contributed by atoms with E-state index in [1.54, 1.807) is 50.6 Å². The quantitative estimate of drug-likeness (QED) is 0.653. The molecule has 7 heteroatoms. The number of benzene rings is 2. The zero-order valence-corrected chi connectivity index (χ0v) is 16.1. The third-order valence-corrected chi connectivity index (χ3v) is 5.14. The van der Waals surface area contributed by atoms with Gasteiger partial charge in [-0.05, 0) is 54.2 Å². The standard InChI is InChI=1S/C22H21FN2O4/c1-27-19-7-6-14(10-21(19)28-2)20-11-18(25-29-20)22(26)24-12-15-9-17(15)13-4-3-5-16(23)8-13/h3-8,10-11,15,17H,9,12H2,1-2H3,(H,24,26). The molecule has 6 nitrogen and oxygen atoms in total. The number of hydrogen-bond acceptors (Lipinski definition) is 5. The van der Waals surface area contributed by atoms with Gasteiger partial charge in [-0.25, -0.2) is 4.39 Å². The molecule has 2 atom stereocenters. The van der Waals surface area contributed by atoms with E-state index in [1.165, 1.54) is 6.07 Å². The minimum atomic E-state index is -0.301. The Balaban J connectivity index is 1.37. The van der Waals surface area contributed by atoms with E-state index in [0.717, 1.165) is 17.5 Å². The minimum absolute atomic E-state index is 0.206. The van der Waals surface area contributed by atoms with Gasteiger partial charge in [0.2, 0.25) is 0 Å². The summed E-state index contributed by atoms with van der Waals surface area (Å²) in [5.74, 6) is 1.67. The first-order valence-corrected chi connectivity index (χ1v) is 9.32. The molecule has 0 saturated heterocycles. The molecule has 1 amide bonds. The van der Waals surface area contributed by atoms with Crippen LogP contribution in [0.2, 0.25) is 0 Å². The Morgan fingerprint density at radius 1 is 1.17 bits per heavy atom. The second kappa shape index (κ2) is 7.95. The van der Waals surface area contributed by atoms with Crippen LogP contribution in [-0.4, -0.2) is 31.8 Å². The van der Waals surface area contributed by atoms with Crippen molar-refractivity contribution >= 4 is 5.91 Å². The van der Waals surface area contributed by atoms with E-state index in [9.17, 15) is 9.18 Å². The number of amides is 1. The first-order chi connectivity index (χ1) is 14.1. The number of nitrogens with one attached hydrogen (secondary N) is 1. The molecule has 29 heavy (non-hydrogen) atoms. The van der Waals surface area contributed by atoms with Crippen molar-refractivity contribution in [2.45, 2.75) is 12.3 Å². The monoisotopic (exact) mass is 396 g/mol. The molecule has 2 unspecified atom stereocenters. The molecule has 1 saturated carbocycles. The Hall–Kier alpha value is -3.35. The Labute approximate surface area is 167 Å². The van der Waals surface area contributed by atoms with Crippen LogP contribution in [0, 0.1) is 11.7 Å². The summed E-state index contributed by atoms with van der Waals surface area (Å²) in [6, 6.07) is 13.5. The highest BCUT2D eigenvalue weighted by atomic mass is 19.1. The number of methoxy groups -OCH3 is 2. The van der Waals surface area contributed by atoms with Gasteiger partial charge in [0.05, 0.1) is 14.2 Å². The molecule has 1 fully saturated rings. The van der Waals surface area contributed by atoms with Crippen molar-refractivity contribution < 1.29 is 23.2 Å². The molecule has 0 aliphatic heterocycles. The second-order valence-corrected chi connectivity index (χ2v) is 7.01. The molecule has 150 valence electrons. The summed E-state index contributed by atoms with van der Waals surface area (Å²) >= 11 is 0. The number of ether oxygens (including phenoxy) is 2. The topological polar surface area (TPSA) is 73.6 Å². The number of hydrogen-bond donors (Lipinski definition) is 1. The van der Waals surface area contributed by atoms with Crippen molar-refractivity contribution in [3.8, 4) is 22.8 Å². The van der Waals surface area contributed by atoms with Gasteiger partial charge in [-0.15, -0.1) is 0 Å². The van der Waals surface area contributed by atoms with Crippen LogP contribution in [-0.2, 0) is 0 Å². The molecule has 4 rings (SSSR count). The van der Waals surface area contributed by atoms with E-state index < -0.39 is 0 Å². The van der Waals surface area contributed by atoms with E-state index in [2.05, 4.69) is 10.5 Å². The maximum absolute atomic E-state index is 13.3. The largest absolute Gasteiger partial charge is 0.493 e. The number of aromatic nitrogens is 1. The third-order valence-electron chi connectivity index (χ3n) is 5.14. The molecule has 3 aromatic rings. The van der Waals surface area contributed by atoms with Crippen LogP contribution in [0.5, 0.6) is 11.5 Å². The van der Waals surface area contributed by atoms with Crippen molar-refractivity contribution in [1.82, 2.24) is 10.5 Å². The Morgan fingerprint density at radius 3 is 2.76 bits per heavy atom. The molecule has 0 bridgehead atoms. The third kappa shape index (κ3) is 4.08. The molecule has 1 aromatic heterocycles. The fourth-order valence-electron chi connectivity index (χ4n) is 3.44. The Kier molecular flexibility index (Phi) is 5.20. The van der Waals surface area contributed by atoms with E-state index in [1.807, 2.05) is 6.07 Å². The second-order valence-electron chi connectivity index (χ2n) is 7.01. The number of nitrogens with zero attached hydrogens (tertiary/aromatic N) is 1. The summed E-state index contributed by atoms with van der Waals surface area (Å²) in [6.45, 7) is 0.512. The molecular weight excluding hydrogens is 375 g/mol. The summed E-state index contributed by atoms with van der Waals surface area (Å²) < 4.78 is 29.2. The van der Waals surface area contributed by atoms with Crippen molar-refractivity contribution in [3.05, 3.63) is 65.6 Å². The van der Waals surface area contributed by atoms with Crippen LogP contribution in [0.25, 0.3) is 11.3 Å². The summed E-state index contributed by atoms with van der Waals surface area (Å²) in [6.07, 6.45) is 0.930. The van der Waals surface area contributed by atoms with Gasteiger partial charge >= 0.3 is 0 Å². The smallest absolute Gasteiger partial charge is 0.273 e. The maximum atomic E-state index is 13.3. The molecule has 0 radical (unpaired) electrons. The lowest BCUT2D eigenvalue weighted by molar-refractivity contribution is 0.0942. The van der Waals surface area contributed by atoms with E-state index in [4.69, 9.17) is 14.0 Å². The van der Waals surface area contributed by atoms with Crippen LogP contribution >= 0.6 is 0 Å². The first kappa shape index (κ1) is 19.0. The normalized spacial score (nSPS) is 17.6. The zero-order chi connectivity index (χ0) is 20.4. The van der Waals surface area contributed by atoms with Crippen molar-refractivity contribution in [2.24, 2.45) is 5.92 Å². The van der Waals surface area contributed by atoms with Gasteiger partial charge in [0.15, 0.2) is 23.0 Å². The molecular formula is C22H21FN2O4. The van der Waals surface area contributed by atoms with Gasteiger partial charge in [-0.1, -0.05) is 17.3 Å². The molecule has 1 aliphatic rings. The van der Waals surface area contributed by atoms with Crippen LogP contribution < -0.4 is 14.8 Å². The highest BCUT2D eigenvalue weighted by Gasteiger charge is 2.38. The zero-order valence-electron chi connectivity index (χ0n) is 16.1. The van der Waals surface area contributed by atoms with E-state index in [0.29, 0.717) is 29.7 Å². The summed E-state index contributed by atoms with van der Waals surface area (Å²) in [7, 11) is 3.11. The summed E-state index contributed by atoms with van der Waals surface area (Å²) in [4.78, 5) is 12.4. The Bertz CT molecular complexity index is 1030. The molecule has 0 spiro atoms. The number of carbonyl (C=O) groups excluding carboxylic acids is 1. The van der Waals surface area contributed by atoms with E-state index in [-0.39, 0.29) is 23.3 Å². The van der Waals surface area contributed by atoms with Crippen LogP contribution in [0.1, 0.15) is 28.4 Å². The predicted octanol–water partition coefficient (Wildman–Crippen LogP) is 4.03. The SMILES string of the molecule is COc1ccc(-c2cc(C(=O)NCC3CC3c3cccc(F)c3)no2)cc1OC. The molecule has 1 aliphatic carbocycles. The maximum Gasteiger partial charge on any atom is 0.273 e. The lowest BCUT2D eigenvalue weighted by Crippen LogP contribution is -2.26. The highest BCUT2D eigenvalue weighted by Crippen LogP contribution is 2.47. The predicted molar refractivity (Wildman–Crippen MR) is 105 cm³/mol. The van der Waals surface area contributed by atoms with Gasteiger partial charge < -0.3 is 19.3 Å². The van der Waals surface area contributed by atoms with Gasteiger partial charge in [0, 0.05) is 18.2 Å². The van der Waals surface area contributed by atoms with Gasteiger partial charge in [0.25, 0.3) is 5.91 Å². The van der Waals surface area contributed by atoms with Gasteiger partial charge in [-0.3, -0.25) is 4.79 Å². The fourth-order valence-corrected chi connectivity index (χ4v) is 3.44. The van der Waals surface area contributed by atoms with Crippen LogP contribution in [0.3, 0.4) is 0 Å². The molecule has 1 N–H and O–H groups in total. The van der Waals surface area contributed by atoms with Crippen molar-refractivity contribution in [1.29, 1.82) is 0 Å². The van der Waals surface area contributed by atoms with Crippen LogP contribution in [0.15, 0.2) is 53.1 Å². The number of carbonyl (C=O) groups is 1.